The summed E-state index contributed by atoms with van der Waals surface area (Å²) >= 11 is 0. The van der Waals surface area contributed by atoms with E-state index in [0.29, 0.717) is 12.8 Å². The van der Waals surface area contributed by atoms with E-state index in [4.69, 9.17) is 10.2 Å². The SMILES string of the molecule is Cc1ccccc1CCC(=O)NCC[C@H](O)C(=O)O. The lowest BCUT2D eigenvalue weighted by Crippen LogP contribution is -2.30. The summed E-state index contributed by atoms with van der Waals surface area (Å²) in [5.74, 6) is -1.41. The second kappa shape index (κ2) is 7.53. The number of benzene rings is 1. The number of aryl methyl sites for hydroxylation is 2. The molecule has 0 saturated heterocycles. The van der Waals surface area contributed by atoms with E-state index in [1.165, 1.54) is 0 Å². The van der Waals surface area contributed by atoms with Gasteiger partial charge >= 0.3 is 5.97 Å². The first kappa shape index (κ1) is 15.2. The van der Waals surface area contributed by atoms with E-state index in [-0.39, 0.29) is 18.9 Å². The van der Waals surface area contributed by atoms with E-state index in [0.717, 1.165) is 11.1 Å². The Bertz CT molecular complexity index is 445. The monoisotopic (exact) mass is 265 g/mol. The lowest BCUT2D eigenvalue weighted by Gasteiger charge is -2.08. The number of aliphatic hydroxyl groups excluding tert-OH is 1. The molecule has 1 aromatic rings. The zero-order valence-corrected chi connectivity index (χ0v) is 10.9. The van der Waals surface area contributed by atoms with Gasteiger partial charge in [0.15, 0.2) is 6.10 Å². The topological polar surface area (TPSA) is 86.6 Å². The van der Waals surface area contributed by atoms with Crippen molar-refractivity contribution < 1.29 is 19.8 Å². The first-order valence-corrected chi connectivity index (χ1v) is 6.22. The van der Waals surface area contributed by atoms with Crippen molar-refractivity contribution in [1.82, 2.24) is 5.32 Å². The third-order valence-corrected chi connectivity index (χ3v) is 2.91. The van der Waals surface area contributed by atoms with Gasteiger partial charge in [-0.25, -0.2) is 4.79 Å². The molecule has 0 aromatic heterocycles. The van der Waals surface area contributed by atoms with Crippen LogP contribution in [0.3, 0.4) is 0 Å². The highest BCUT2D eigenvalue weighted by molar-refractivity contribution is 5.76. The maximum absolute atomic E-state index is 11.5. The number of carbonyl (C=O) groups is 2. The molecule has 0 spiro atoms. The number of hydrogen-bond acceptors (Lipinski definition) is 3. The lowest BCUT2D eigenvalue weighted by atomic mass is 10.0. The molecule has 0 unspecified atom stereocenters. The summed E-state index contributed by atoms with van der Waals surface area (Å²) in [7, 11) is 0. The van der Waals surface area contributed by atoms with E-state index < -0.39 is 12.1 Å². The van der Waals surface area contributed by atoms with Crippen molar-refractivity contribution in [2.45, 2.75) is 32.3 Å². The molecule has 5 nitrogen and oxygen atoms in total. The molecule has 0 radical (unpaired) electrons. The first-order chi connectivity index (χ1) is 9.00. The van der Waals surface area contributed by atoms with Gasteiger partial charge < -0.3 is 15.5 Å². The van der Waals surface area contributed by atoms with Crippen molar-refractivity contribution in [3.8, 4) is 0 Å². The number of carbonyl (C=O) groups excluding carboxylic acids is 1. The molecule has 3 N–H and O–H groups in total. The summed E-state index contributed by atoms with van der Waals surface area (Å²) in [6.07, 6.45) is -0.393. The molecule has 0 bridgehead atoms. The van der Waals surface area contributed by atoms with Crippen molar-refractivity contribution in [3.63, 3.8) is 0 Å². The maximum atomic E-state index is 11.5. The Kier molecular flexibility index (Phi) is 6.02. The third-order valence-electron chi connectivity index (χ3n) is 2.91. The fourth-order valence-corrected chi connectivity index (χ4v) is 1.70. The third kappa shape index (κ3) is 5.52. The largest absolute Gasteiger partial charge is 0.479 e. The highest BCUT2D eigenvalue weighted by atomic mass is 16.4. The number of rotatable bonds is 7. The molecule has 1 aromatic carbocycles. The standard InChI is InChI=1S/C14H19NO4/c1-10-4-2-3-5-11(10)6-7-13(17)15-9-8-12(16)14(18)19/h2-5,12,16H,6-9H2,1H3,(H,15,17)(H,18,19)/t12-/m0/s1. The van der Waals surface area contributed by atoms with Crippen LogP contribution in [0.5, 0.6) is 0 Å². The van der Waals surface area contributed by atoms with E-state index in [9.17, 15) is 9.59 Å². The fraction of sp³-hybridized carbons (Fsp3) is 0.429. The highest BCUT2D eigenvalue weighted by Gasteiger charge is 2.12. The van der Waals surface area contributed by atoms with Gasteiger partial charge in [-0.2, -0.15) is 0 Å². The molecular formula is C14H19NO4. The Labute approximate surface area is 112 Å². The van der Waals surface area contributed by atoms with Crippen molar-refractivity contribution >= 4 is 11.9 Å². The van der Waals surface area contributed by atoms with Crippen LogP contribution in [0.15, 0.2) is 24.3 Å². The summed E-state index contributed by atoms with van der Waals surface area (Å²) in [5, 5.41) is 20.1. The smallest absolute Gasteiger partial charge is 0.332 e. The average Bonchev–Trinajstić information content (AvgIpc) is 2.37. The van der Waals surface area contributed by atoms with Crippen LogP contribution in [-0.4, -0.2) is 34.7 Å². The molecule has 0 aliphatic heterocycles. The van der Waals surface area contributed by atoms with E-state index in [2.05, 4.69) is 5.32 Å². The summed E-state index contributed by atoms with van der Waals surface area (Å²) in [6.45, 7) is 2.16. The summed E-state index contributed by atoms with van der Waals surface area (Å²) < 4.78 is 0. The maximum Gasteiger partial charge on any atom is 0.332 e. The Hall–Kier alpha value is -1.88. The number of nitrogens with one attached hydrogen (secondary N) is 1. The first-order valence-electron chi connectivity index (χ1n) is 6.22. The molecule has 0 saturated carbocycles. The molecule has 1 atom stereocenters. The molecule has 0 heterocycles. The number of aliphatic carboxylic acids is 1. The minimum atomic E-state index is -1.42. The minimum Gasteiger partial charge on any atom is -0.479 e. The van der Waals surface area contributed by atoms with E-state index >= 15 is 0 Å². The van der Waals surface area contributed by atoms with Gasteiger partial charge in [-0.05, 0) is 24.5 Å². The molecule has 0 aliphatic carbocycles. The molecular weight excluding hydrogens is 246 g/mol. The zero-order valence-electron chi connectivity index (χ0n) is 10.9. The quantitative estimate of drug-likeness (QED) is 0.683. The van der Waals surface area contributed by atoms with Crippen molar-refractivity contribution in [2.24, 2.45) is 0 Å². The van der Waals surface area contributed by atoms with Crippen LogP contribution in [0.4, 0.5) is 0 Å². The van der Waals surface area contributed by atoms with E-state index in [1.807, 2.05) is 31.2 Å². The van der Waals surface area contributed by atoms with Gasteiger partial charge in [0.1, 0.15) is 0 Å². The van der Waals surface area contributed by atoms with Crippen LogP contribution in [0.1, 0.15) is 24.0 Å². The average molecular weight is 265 g/mol. The van der Waals surface area contributed by atoms with Gasteiger partial charge in [-0.1, -0.05) is 24.3 Å². The number of carboxylic acids is 1. The summed E-state index contributed by atoms with van der Waals surface area (Å²) in [5.41, 5.74) is 2.28. The Balaban J connectivity index is 2.25. The minimum absolute atomic E-state index is 0.0193. The van der Waals surface area contributed by atoms with Crippen LogP contribution in [0.2, 0.25) is 0 Å². The molecule has 1 rings (SSSR count). The van der Waals surface area contributed by atoms with Gasteiger partial charge in [-0.3, -0.25) is 4.79 Å². The second-order valence-corrected chi connectivity index (χ2v) is 4.42. The normalized spacial score (nSPS) is 11.9. The fourth-order valence-electron chi connectivity index (χ4n) is 1.70. The molecule has 5 heteroatoms. The van der Waals surface area contributed by atoms with Crippen molar-refractivity contribution in [3.05, 3.63) is 35.4 Å². The van der Waals surface area contributed by atoms with Crippen LogP contribution >= 0.6 is 0 Å². The van der Waals surface area contributed by atoms with Gasteiger partial charge in [0.25, 0.3) is 0 Å². The Morgan fingerprint density at radius 3 is 2.63 bits per heavy atom. The van der Waals surface area contributed by atoms with Crippen LogP contribution in [0.25, 0.3) is 0 Å². The summed E-state index contributed by atoms with van der Waals surface area (Å²) in [6, 6.07) is 7.86. The summed E-state index contributed by atoms with van der Waals surface area (Å²) in [4.78, 5) is 21.9. The van der Waals surface area contributed by atoms with Gasteiger partial charge in [0.05, 0.1) is 0 Å². The number of carboxylic acid groups (broad SMARTS) is 1. The van der Waals surface area contributed by atoms with Crippen molar-refractivity contribution in [1.29, 1.82) is 0 Å². The molecule has 0 fully saturated rings. The number of hydrogen-bond donors (Lipinski definition) is 3. The van der Waals surface area contributed by atoms with Gasteiger partial charge in [0, 0.05) is 19.4 Å². The van der Waals surface area contributed by atoms with E-state index in [1.54, 1.807) is 0 Å². The number of amides is 1. The molecule has 1 amide bonds. The van der Waals surface area contributed by atoms with Crippen LogP contribution < -0.4 is 5.32 Å². The van der Waals surface area contributed by atoms with Gasteiger partial charge in [0.2, 0.25) is 5.91 Å². The zero-order chi connectivity index (χ0) is 14.3. The van der Waals surface area contributed by atoms with Crippen molar-refractivity contribution in [2.75, 3.05) is 6.54 Å². The second-order valence-electron chi connectivity index (χ2n) is 4.42. The van der Waals surface area contributed by atoms with Crippen LogP contribution in [0, 0.1) is 6.92 Å². The molecule has 104 valence electrons. The molecule has 19 heavy (non-hydrogen) atoms. The van der Waals surface area contributed by atoms with Gasteiger partial charge in [-0.15, -0.1) is 0 Å². The predicted octanol–water partition coefficient (Wildman–Crippen LogP) is 0.879. The Morgan fingerprint density at radius 2 is 2.00 bits per heavy atom. The number of aliphatic hydroxyl groups is 1. The lowest BCUT2D eigenvalue weighted by molar-refractivity contribution is -0.147. The van der Waals surface area contributed by atoms with Crippen LogP contribution in [-0.2, 0) is 16.0 Å². The highest BCUT2D eigenvalue weighted by Crippen LogP contribution is 2.09. The Morgan fingerprint density at radius 1 is 1.32 bits per heavy atom. The molecule has 0 aliphatic rings. The predicted molar refractivity (Wildman–Crippen MR) is 70.8 cm³/mol.